The van der Waals surface area contributed by atoms with Crippen LogP contribution >= 0.6 is 0 Å². The molecular formula is C29H33N5O2S. The van der Waals surface area contributed by atoms with Gasteiger partial charge >= 0.3 is 0 Å². The van der Waals surface area contributed by atoms with Crippen LogP contribution in [0.4, 0.5) is 11.4 Å². The number of benzene rings is 3. The number of nitrogens with one attached hydrogen (secondary N) is 2. The van der Waals surface area contributed by atoms with Gasteiger partial charge in [-0.2, -0.15) is 4.31 Å². The van der Waals surface area contributed by atoms with Crippen LogP contribution < -0.4 is 5.32 Å². The molecule has 0 radical (unpaired) electrons. The molecule has 8 heteroatoms. The second-order valence-electron chi connectivity index (χ2n) is 10.0. The zero-order valence-electron chi connectivity index (χ0n) is 21.7. The molecule has 0 atom stereocenters. The van der Waals surface area contributed by atoms with Gasteiger partial charge in [0.15, 0.2) is 0 Å². The van der Waals surface area contributed by atoms with Gasteiger partial charge in [0.25, 0.3) is 0 Å². The van der Waals surface area contributed by atoms with Gasteiger partial charge in [0, 0.05) is 36.6 Å². The van der Waals surface area contributed by atoms with Gasteiger partial charge < -0.3 is 15.2 Å². The number of sulfonamides is 1. The lowest BCUT2D eigenvalue weighted by atomic mass is 9.98. The van der Waals surface area contributed by atoms with Crippen molar-refractivity contribution in [2.75, 3.05) is 32.2 Å². The first-order valence-electron chi connectivity index (χ1n) is 12.4. The van der Waals surface area contributed by atoms with E-state index in [1.807, 2.05) is 18.3 Å². The second-order valence-corrected chi connectivity index (χ2v) is 12.0. The maximum atomic E-state index is 12.0. The number of nitrogens with zero attached hydrogens (tertiary/aromatic N) is 3. The number of aromatic amines is 1. The summed E-state index contributed by atoms with van der Waals surface area (Å²) < 4.78 is 25.6. The first kappa shape index (κ1) is 25.2. The molecule has 1 aliphatic heterocycles. The average molecular weight is 516 g/mol. The number of rotatable bonds is 7. The largest absolute Gasteiger partial charge is 0.355 e. The molecular weight excluding hydrogens is 482 g/mol. The highest BCUT2D eigenvalue weighted by molar-refractivity contribution is 7.88. The van der Waals surface area contributed by atoms with Gasteiger partial charge in [-0.25, -0.2) is 13.4 Å². The van der Waals surface area contributed by atoms with Crippen molar-refractivity contribution in [1.29, 1.82) is 0 Å². The summed E-state index contributed by atoms with van der Waals surface area (Å²) in [6.45, 7) is 3.90. The summed E-state index contributed by atoms with van der Waals surface area (Å²) in [5.41, 5.74) is 9.71. The van der Waals surface area contributed by atoms with Gasteiger partial charge in [-0.05, 0) is 73.5 Å². The molecule has 192 valence electrons. The van der Waals surface area contributed by atoms with E-state index in [9.17, 15) is 8.42 Å². The highest BCUT2D eigenvalue weighted by Crippen LogP contribution is 2.32. The molecule has 0 saturated heterocycles. The number of anilines is 2. The number of hydrogen-bond donors (Lipinski definition) is 2. The Labute approximate surface area is 219 Å². The average Bonchev–Trinajstić information content (AvgIpc) is 3.35. The minimum atomic E-state index is -3.21. The van der Waals surface area contributed by atoms with Gasteiger partial charge in [-0.15, -0.1) is 0 Å². The van der Waals surface area contributed by atoms with E-state index in [4.69, 9.17) is 4.98 Å². The minimum Gasteiger partial charge on any atom is -0.355 e. The Morgan fingerprint density at radius 1 is 1.08 bits per heavy atom. The van der Waals surface area contributed by atoms with Crippen molar-refractivity contribution >= 4 is 21.4 Å². The summed E-state index contributed by atoms with van der Waals surface area (Å²) in [6.07, 6.45) is 3.84. The molecule has 0 saturated carbocycles. The second kappa shape index (κ2) is 10.1. The molecule has 0 amide bonds. The predicted molar refractivity (Wildman–Crippen MR) is 150 cm³/mol. The predicted octanol–water partition coefficient (Wildman–Crippen LogP) is 5.18. The van der Waals surface area contributed by atoms with Crippen molar-refractivity contribution in [2.45, 2.75) is 26.4 Å². The molecule has 0 unspecified atom stereocenters. The van der Waals surface area contributed by atoms with E-state index < -0.39 is 10.0 Å². The van der Waals surface area contributed by atoms with E-state index in [0.29, 0.717) is 19.5 Å². The van der Waals surface area contributed by atoms with Crippen LogP contribution in [0, 0.1) is 6.92 Å². The summed E-state index contributed by atoms with van der Waals surface area (Å²) in [5.74, 6) is 0.826. The Morgan fingerprint density at radius 2 is 1.86 bits per heavy atom. The number of hydrogen-bond acceptors (Lipinski definition) is 5. The molecule has 1 aliphatic rings. The quantitative estimate of drug-likeness (QED) is 0.355. The van der Waals surface area contributed by atoms with E-state index in [2.05, 4.69) is 84.8 Å². The summed E-state index contributed by atoms with van der Waals surface area (Å²) in [4.78, 5) is 10.3. The molecule has 3 aromatic carbocycles. The van der Waals surface area contributed by atoms with Gasteiger partial charge in [-0.1, -0.05) is 42.5 Å². The van der Waals surface area contributed by atoms with Crippen molar-refractivity contribution in [1.82, 2.24) is 19.2 Å². The zero-order chi connectivity index (χ0) is 26.2. The number of imidazole rings is 1. The fourth-order valence-electron chi connectivity index (χ4n) is 4.85. The molecule has 2 heterocycles. The van der Waals surface area contributed by atoms with Crippen molar-refractivity contribution in [3.05, 3.63) is 89.1 Å². The molecule has 0 bridgehead atoms. The van der Waals surface area contributed by atoms with Crippen LogP contribution in [-0.2, 0) is 29.5 Å². The molecule has 7 nitrogen and oxygen atoms in total. The molecule has 1 aromatic heterocycles. The molecule has 37 heavy (non-hydrogen) atoms. The van der Waals surface area contributed by atoms with Gasteiger partial charge in [0.2, 0.25) is 10.0 Å². The molecule has 0 spiro atoms. The SMILES string of the molecule is Cc1ccc(Nc2cccc3c2CCN(S(C)(=O)=O)C3)cc1-c1ncc(-c2ccc(CN(C)C)cc2)[nH]1. The smallest absolute Gasteiger partial charge is 0.211 e. The molecule has 4 aromatic rings. The molecule has 5 rings (SSSR count). The van der Waals surface area contributed by atoms with Crippen LogP contribution in [0.25, 0.3) is 22.6 Å². The van der Waals surface area contributed by atoms with Crippen molar-refractivity contribution in [3.63, 3.8) is 0 Å². The lowest BCUT2D eigenvalue weighted by molar-refractivity contribution is 0.395. The fourth-order valence-corrected chi connectivity index (χ4v) is 5.65. The van der Waals surface area contributed by atoms with E-state index in [1.165, 1.54) is 21.7 Å². The highest BCUT2D eigenvalue weighted by atomic mass is 32.2. The lowest BCUT2D eigenvalue weighted by Crippen LogP contribution is -2.35. The number of fused-ring (bicyclic) bond motifs is 1. The van der Waals surface area contributed by atoms with E-state index in [0.717, 1.165) is 51.7 Å². The number of aromatic nitrogens is 2. The summed E-state index contributed by atoms with van der Waals surface area (Å²) in [6, 6.07) is 20.9. The number of aryl methyl sites for hydroxylation is 1. The van der Waals surface area contributed by atoms with Crippen LogP contribution in [0.1, 0.15) is 22.3 Å². The maximum Gasteiger partial charge on any atom is 0.211 e. The standard InChI is InChI=1S/C29H33N5O2S/c1-20-8-13-24(31-27-7-5-6-23-19-34(37(4,35)36)15-14-25(23)27)16-26(20)29-30-17-28(32-29)22-11-9-21(10-12-22)18-33(2)3/h5-13,16-17,31H,14-15,18-19H2,1-4H3,(H,30,32). The van der Waals surface area contributed by atoms with E-state index in [-0.39, 0.29) is 0 Å². The van der Waals surface area contributed by atoms with Crippen molar-refractivity contribution in [3.8, 4) is 22.6 Å². The molecule has 2 N–H and O–H groups in total. The van der Waals surface area contributed by atoms with Gasteiger partial charge in [-0.3, -0.25) is 0 Å². The van der Waals surface area contributed by atoms with Crippen molar-refractivity contribution in [2.24, 2.45) is 0 Å². The van der Waals surface area contributed by atoms with Crippen LogP contribution in [0.3, 0.4) is 0 Å². The van der Waals surface area contributed by atoms with Crippen LogP contribution in [0.2, 0.25) is 0 Å². The topological polar surface area (TPSA) is 81.3 Å². The Hall–Kier alpha value is -3.46. The monoisotopic (exact) mass is 515 g/mol. The Morgan fingerprint density at radius 3 is 2.59 bits per heavy atom. The fraction of sp³-hybridized carbons (Fsp3) is 0.276. The van der Waals surface area contributed by atoms with Crippen LogP contribution in [0.15, 0.2) is 66.9 Å². The third-order valence-electron chi connectivity index (χ3n) is 6.81. The van der Waals surface area contributed by atoms with Crippen molar-refractivity contribution < 1.29 is 8.42 Å². The van der Waals surface area contributed by atoms with Gasteiger partial charge in [0.1, 0.15) is 5.82 Å². The summed E-state index contributed by atoms with van der Waals surface area (Å²) >= 11 is 0. The first-order chi connectivity index (χ1) is 17.7. The van der Waals surface area contributed by atoms with Crippen LogP contribution in [0.5, 0.6) is 0 Å². The Bertz CT molecular complexity index is 1520. The lowest BCUT2D eigenvalue weighted by Gasteiger charge is -2.28. The molecule has 0 fully saturated rings. The third-order valence-corrected chi connectivity index (χ3v) is 8.06. The van der Waals surface area contributed by atoms with E-state index in [1.54, 1.807) is 0 Å². The maximum absolute atomic E-state index is 12.0. The Kier molecular flexibility index (Phi) is 6.90. The summed E-state index contributed by atoms with van der Waals surface area (Å²) in [7, 11) is 0.932. The minimum absolute atomic E-state index is 0.411. The zero-order valence-corrected chi connectivity index (χ0v) is 22.6. The van der Waals surface area contributed by atoms with Gasteiger partial charge in [0.05, 0.1) is 18.1 Å². The first-order valence-corrected chi connectivity index (χ1v) is 14.3. The number of H-pyrrole nitrogens is 1. The van der Waals surface area contributed by atoms with E-state index >= 15 is 0 Å². The highest BCUT2D eigenvalue weighted by Gasteiger charge is 2.24. The normalized spacial score (nSPS) is 14.1. The Balaban J connectivity index is 1.38. The summed E-state index contributed by atoms with van der Waals surface area (Å²) in [5, 5.41) is 3.57. The van der Waals surface area contributed by atoms with Crippen LogP contribution in [-0.4, -0.2) is 54.5 Å². The third kappa shape index (κ3) is 5.61. The molecule has 0 aliphatic carbocycles.